The lowest BCUT2D eigenvalue weighted by molar-refractivity contribution is 0.210. The van der Waals surface area contributed by atoms with Crippen molar-refractivity contribution in [3.63, 3.8) is 0 Å². The summed E-state index contributed by atoms with van der Waals surface area (Å²) in [5.74, 6) is 0.726. The predicted molar refractivity (Wildman–Crippen MR) is 68.2 cm³/mol. The van der Waals surface area contributed by atoms with Gasteiger partial charge >= 0.3 is 0 Å². The van der Waals surface area contributed by atoms with Gasteiger partial charge in [-0.05, 0) is 37.3 Å². The van der Waals surface area contributed by atoms with Crippen LogP contribution in [0.25, 0.3) is 0 Å². The van der Waals surface area contributed by atoms with Gasteiger partial charge in [-0.2, -0.15) is 0 Å². The first-order valence-electron chi connectivity index (χ1n) is 6.02. The topological polar surface area (TPSA) is 38.0 Å². The molecule has 1 aliphatic rings. The lowest BCUT2D eigenvalue weighted by Crippen LogP contribution is -2.05. The normalized spacial score (nSPS) is 16.8. The molecule has 0 radical (unpaired) electrons. The smallest absolute Gasteiger partial charge is 0.146 e. The molecule has 3 nitrogen and oxygen atoms in total. The zero-order chi connectivity index (χ0) is 11.8. The average molecular weight is 248 g/mol. The molecule has 90 valence electrons. The van der Waals surface area contributed by atoms with Gasteiger partial charge in [-0.25, -0.2) is 4.98 Å². The van der Waals surface area contributed by atoms with Crippen LogP contribution >= 0.6 is 11.3 Å². The molecule has 2 heterocycles. The molecule has 1 N–H and O–H groups in total. The van der Waals surface area contributed by atoms with Crippen LogP contribution in [0.4, 0.5) is 0 Å². The van der Waals surface area contributed by atoms with Gasteiger partial charge in [-0.3, -0.25) is 0 Å². The van der Waals surface area contributed by atoms with E-state index in [9.17, 15) is 5.11 Å². The molecule has 1 unspecified atom stereocenters. The van der Waals surface area contributed by atoms with Gasteiger partial charge in [-0.1, -0.05) is 0 Å². The maximum absolute atomic E-state index is 10.3. The Labute approximate surface area is 105 Å². The van der Waals surface area contributed by atoms with E-state index < -0.39 is 6.10 Å². The summed E-state index contributed by atoms with van der Waals surface area (Å²) >= 11 is 1.75. The highest BCUT2D eigenvalue weighted by atomic mass is 32.1. The Bertz CT molecular complexity index is 506. The summed E-state index contributed by atoms with van der Waals surface area (Å²) in [6.45, 7) is 0. The maximum Gasteiger partial charge on any atom is 0.146 e. The number of aromatic nitrogens is 2. The number of thiophene rings is 1. The van der Waals surface area contributed by atoms with E-state index in [-0.39, 0.29) is 0 Å². The van der Waals surface area contributed by atoms with Crippen molar-refractivity contribution in [2.75, 3.05) is 0 Å². The van der Waals surface area contributed by atoms with Crippen LogP contribution in [0.15, 0.2) is 18.5 Å². The minimum Gasteiger partial charge on any atom is -0.380 e. The van der Waals surface area contributed by atoms with E-state index in [1.165, 1.54) is 36.1 Å². The SMILES string of the molecule is Cn1ccnc1C(O)c1cc2c(s1)CCCC2. The highest BCUT2D eigenvalue weighted by Gasteiger charge is 2.21. The van der Waals surface area contributed by atoms with Crippen molar-refractivity contribution in [1.29, 1.82) is 0 Å². The van der Waals surface area contributed by atoms with Crippen LogP contribution in [0.5, 0.6) is 0 Å². The second-order valence-corrected chi connectivity index (χ2v) is 5.77. The van der Waals surface area contributed by atoms with E-state index in [1.54, 1.807) is 17.5 Å². The molecule has 17 heavy (non-hydrogen) atoms. The van der Waals surface area contributed by atoms with Gasteiger partial charge in [-0.15, -0.1) is 11.3 Å². The fourth-order valence-electron chi connectivity index (χ4n) is 2.42. The molecule has 0 aromatic carbocycles. The van der Waals surface area contributed by atoms with Crippen LogP contribution < -0.4 is 0 Å². The van der Waals surface area contributed by atoms with Crippen molar-refractivity contribution in [3.05, 3.63) is 39.6 Å². The molecule has 3 rings (SSSR count). The van der Waals surface area contributed by atoms with E-state index in [0.29, 0.717) is 0 Å². The largest absolute Gasteiger partial charge is 0.380 e. The number of fused-ring (bicyclic) bond motifs is 1. The summed E-state index contributed by atoms with van der Waals surface area (Å²) in [5.41, 5.74) is 1.43. The Morgan fingerprint density at radius 3 is 2.94 bits per heavy atom. The van der Waals surface area contributed by atoms with E-state index >= 15 is 0 Å². The quantitative estimate of drug-likeness (QED) is 0.886. The molecule has 0 amide bonds. The zero-order valence-electron chi connectivity index (χ0n) is 9.89. The van der Waals surface area contributed by atoms with Crippen molar-refractivity contribution >= 4 is 11.3 Å². The first kappa shape index (κ1) is 11.0. The summed E-state index contributed by atoms with van der Waals surface area (Å²) in [6.07, 6.45) is 7.92. The van der Waals surface area contributed by atoms with Gasteiger partial charge in [0.15, 0.2) is 0 Å². The molecular weight excluding hydrogens is 232 g/mol. The third-order valence-electron chi connectivity index (χ3n) is 3.39. The van der Waals surface area contributed by atoms with E-state index in [0.717, 1.165) is 10.7 Å². The molecule has 1 atom stereocenters. The number of nitrogens with zero attached hydrogens (tertiary/aromatic N) is 2. The van der Waals surface area contributed by atoms with Crippen molar-refractivity contribution in [2.45, 2.75) is 31.8 Å². The first-order valence-corrected chi connectivity index (χ1v) is 6.84. The molecule has 0 spiro atoms. The second kappa shape index (κ2) is 4.27. The summed E-state index contributed by atoms with van der Waals surface area (Å²) in [4.78, 5) is 6.71. The van der Waals surface area contributed by atoms with Crippen LogP contribution in [0.3, 0.4) is 0 Å². The average Bonchev–Trinajstić information content (AvgIpc) is 2.93. The van der Waals surface area contributed by atoms with Crippen LogP contribution in [0, 0.1) is 0 Å². The highest BCUT2D eigenvalue weighted by Crippen LogP contribution is 2.34. The Morgan fingerprint density at radius 2 is 2.24 bits per heavy atom. The zero-order valence-corrected chi connectivity index (χ0v) is 10.7. The van der Waals surface area contributed by atoms with Gasteiger partial charge in [0.05, 0.1) is 0 Å². The van der Waals surface area contributed by atoms with Gasteiger partial charge in [0.2, 0.25) is 0 Å². The number of hydrogen-bond donors (Lipinski definition) is 1. The Morgan fingerprint density at radius 1 is 1.41 bits per heavy atom. The van der Waals surface area contributed by atoms with Gasteiger partial charge in [0.25, 0.3) is 0 Å². The van der Waals surface area contributed by atoms with E-state index in [4.69, 9.17) is 0 Å². The standard InChI is InChI=1S/C13H16N2OS/c1-15-7-6-14-13(15)12(16)11-8-9-4-2-3-5-10(9)17-11/h6-8,12,16H,2-5H2,1H3. The molecule has 1 aliphatic carbocycles. The molecule has 0 bridgehead atoms. The lowest BCUT2D eigenvalue weighted by Gasteiger charge is -2.08. The predicted octanol–water partition coefficient (Wildman–Crippen LogP) is 2.44. The molecule has 0 saturated carbocycles. The third kappa shape index (κ3) is 1.91. The highest BCUT2D eigenvalue weighted by molar-refractivity contribution is 7.12. The van der Waals surface area contributed by atoms with Crippen molar-refractivity contribution < 1.29 is 5.11 Å². The number of rotatable bonds is 2. The number of aliphatic hydroxyl groups excluding tert-OH is 1. The lowest BCUT2D eigenvalue weighted by atomic mass is 9.99. The summed E-state index contributed by atoms with van der Waals surface area (Å²) in [5, 5.41) is 10.3. The Kier molecular flexibility index (Phi) is 2.76. The Hall–Kier alpha value is -1.13. The molecule has 0 fully saturated rings. The van der Waals surface area contributed by atoms with Gasteiger partial charge < -0.3 is 9.67 Å². The van der Waals surface area contributed by atoms with Gasteiger partial charge in [0.1, 0.15) is 11.9 Å². The van der Waals surface area contributed by atoms with Crippen molar-refractivity contribution in [3.8, 4) is 0 Å². The third-order valence-corrected chi connectivity index (χ3v) is 4.68. The fourth-order valence-corrected chi connectivity index (χ4v) is 3.66. The number of hydrogen-bond acceptors (Lipinski definition) is 3. The van der Waals surface area contributed by atoms with Crippen molar-refractivity contribution in [2.24, 2.45) is 7.05 Å². The van der Waals surface area contributed by atoms with Crippen LogP contribution in [0.1, 0.15) is 40.1 Å². The fraction of sp³-hybridized carbons (Fsp3) is 0.462. The molecular formula is C13H16N2OS. The summed E-state index contributed by atoms with van der Waals surface area (Å²) < 4.78 is 1.88. The van der Waals surface area contributed by atoms with E-state index in [1.807, 2.05) is 17.8 Å². The minimum atomic E-state index is -0.578. The van der Waals surface area contributed by atoms with Gasteiger partial charge in [0, 0.05) is 29.2 Å². The molecule has 0 saturated heterocycles. The van der Waals surface area contributed by atoms with E-state index in [2.05, 4.69) is 11.1 Å². The maximum atomic E-state index is 10.3. The number of imidazole rings is 1. The van der Waals surface area contributed by atoms with Crippen molar-refractivity contribution in [1.82, 2.24) is 9.55 Å². The van der Waals surface area contributed by atoms with Crippen LogP contribution in [0.2, 0.25) is 0 Å². The number of aryl methyl sites for hydroxylation is 3. The first-order chi connectivity index (χ1) is 8.25. The molecule has 0 aliphatic heterocycles. The molecule has 2 aromatic rings. The summed E-state index contributed by atoms with van der Waals surface area (Å²) in [6, 6.07) is 2.17. The second-order valence-electron chi connectivity index (χ2n) is 4.60. The minimum absolute atomic E-state index is 0.578. The van der Waals surface area contributed by atoms with Crippen LogP contribution in [-0.4, -0.2) is 14.7 Å². The molecule has 2 aromatic heterocycles. The van der Waals surface area contributed by atoms with Crippen LogP contribution in [-0.2, 0) is 19.9 Å². The summed E-state index contributed by atoms with van der Waals surface area (Å²) in [7, 11) is 1.92. The number of aliphatic hydroxyl groups is 1. The molecule has 4 heteroatoms. The Balaban J connectivity index is 1.94. The monoisotopic (exact) mass is 248 g/mol.